The lowest BCUT2D eigenvalue weighted by Crippen LogP contribution is -2.62. The number of hydrogen-bond acceptors (Lipinski definition) is 7. The topological polar surface area (TPSA) is 64.6 Å². The minimum absolute atomic E-state index is 0.330. The maximum atomic E-state index is 6.13. The van der Waals surface area contributed by atoms with Crippen molar-refractivity contribution in [2.75, 3.05) is 42.2 Å². The Bertz CT molecular complexity index is 510. The van der Waals surface area contributed by atoms with Gasteiger partial charge in [-0.15, -0.1) is 0 Å². The van der Waals surface area contributed by atoms with E-state index in [0.29, 0.717) is 19.0 Å². The van der Waals surface area contributed by atoms with E-state index in [1.54, 1.807) is 35.5 Å². The largest absolute Gasteiger partial charge is 0.462 e. The van der Waals surface area contributed by atoms with Crippen molar-refractivity contribution in [1.29, 1.82) is 0 Å². The first-order chi connectivity index (χ1) is 12.2. The van der Waals surface area contributed by atoms with Crippen LogP contribution in [0.1, 0.15) is 5.56 Å². The SMILES string of the molecule is COCc1ccccc1OC1OC(COC)C(OC)C(OC)C1OC. The van der Waals surface area contributed by atoms with Crippen molar-refractivity contribution in [1.82, 2.24) is 0 Å². The second kappa shape index (κ2) is 10.1. The highest BCUT2D eigenvalue weighted by atomic mass is 16.7. The van der Waals surface area contributed by atoms with Crippen LogP contribution in [0.5, 0.6) is 5.75 Å². The Balaban J connectivity index is 2.25. The fraction of sp³-hybridized carbons (Fsp3) is 0.667. The average Bonchev–Trinajstić information content (AvgIpc) is 2.63. The number of para-hydroxylation sites is 1. The minimum atomic E-state index is -0.667. The molecule has 1 heterocycles. The van der Waals surface area contributed by atoms with Crippen molar-refractivity contribution in [2.24, 2.45) is 0 Å². The Morgan fingerprint density at radius 3 is 2.12 bits per heavy atom. The molecule has 5 atom stereocenters. The molecule has 1 fully saturated rings. The molecule has 7 heteroatoms. The smallest absolute Gasteiger partial charge is 0.229 e. The third-order valence-electron chi connectivity index (χ3n) is 4.25. The molecule has 0 aliphatic carbocycles. The molecule has 1 aliphatic heterocycles. The molecule has 1 aromatic carbocycles. The molecule has 25 heavy (non-hydrogen) atoms. The average molecular weight is 356 g/mol. The van der Waals surface area contributed by atoms with Gasteiger partial charge in [0.1, 0.15) is 30.2 Å². The van der Waals surface area contributed by atoms with Crippen LogP contribution in [0.15, 0.2) is 24.3 Å². The first-order valence-electron chi connectivity index (χ1n) is 8.16. The van der Waals surface area contributed by atoms with E-state index < -0.39 is 12.4 Å². The summed E-state index contributed by atoms with van der Waals surface area (Å²) in [5.41, 5.74) is 0.926. The van der Waals surface area contributed by atoms with Gasteiger partial charge in [0.2, 0.25) is 6.29 Å². The van der Waals surface area contributed by atoms with Gasteiger partial charge in [0.05, 0.1) is 13.2 Å². The molecule has 0 radical (unpaired) electrons. The molecule has 0 saturated carbocycles. The van der Waals surface area contributed by atoms with Crippen LogP contribution in [0.2, 0.25) is 0 Å². The summed E-state index contributed by atoms with van der Waals surface area (Å²) in [6.07, 6.45) is -2.16. The molecular weight excluding hydrogens is 328 g/mol. The second-order valence-corrected chi connectivity index (χ2v) is 5.76. The van der Waals surface area contributed by atoms with E-state index in [4.69, 9.17) is 33.2 Å². The van der Waals surface area contributed by atoms with Gasteiger partial charge in [0.15, 0.2) is 0 Å². The van der Waals surface area contributed by atoms with E-state index in [1.165, 1.54) is 0 Å². The molecular formula is C18H28O7. The summed E-state index contributed by atoms with van der Waals surface area (Å²) in [5, 5.41) is 0. The van der Waals surface area contributed by atoms with E-state index in [-0.39, 0.29) is 18.3 Å². The quantitative estimate of drug-likeness (QED) is 0.666. The summed E-state index contributed by atoms with van der Waals surface area (Å²) >= 11 is 0. The summed E-state index contributed by atoms with van der Waals surface area (Å²) in [7, 11) is 8.09. The summed E-state index contributed by atoms with van der Waals surface area (Å²) in [6, 6.07) is 7.66. The van der Waals surface area contributed by atoms with Crippen LogP contribution in [-0.2, 0) is 35.0 Å². The van der Waals surface area contributed by atoms with Crippen molar-refractivity contribution in [3.63, 3.8) is 0 Å². The molecule has 0 spiro atoms. The highest BCUT2D eigenvalue weighted by Crippen LogP contribution is 2.30. The zero-order chi connectivity index (χ0) is 18.2. The van der Waals surface area contributed by atoms with E-state index >= 15 is 0 Å². The molecule has 1 aromatic rings. The van der Waals surface area contributed by atoms with Crippen molar-refractivity contribution in [3.8, 4) is 5.75 Å². The Kier molecular flexibility index (Phi) is 8.08. The van der Waals surface area contributed by atoms with Gasteiger partial charge in [-0.1, -0.05) is 18.2 Å². The standard InChI is InChI=1S/C18H28O7/c1-19-10-12-8-6-7-9-13(12)24-18-17(23-5)16(22-4)15(21-3)14(25-18)11-20-2/h6-9,14-18H,10-11H2,1-5H3. The third-order valence-corrected chi connectivity index (χ3v) is 4.25. The van der Waals surface area contributed by atoms with Crippen LogP contribution in [0, 0.1) is 0 Å². The van der Waals surface area contributed by atoms with E-state index in [1.807, 2.05) is 24.3 Å². The van der Waals surface area contributed by atoms with Gasteiger partial charge >= 0.3 is 0 Å². The summed E-state index contributed by atoms with van der Waals surface area (Å²) in [5.74, 6) is 0.679. The van der Waals surface area contributed by atoms with Crippen molar-refractivity contribution in [2.45, 2.75) is 37.3 Å². The lowest BCUT2D eigenvalue weighted by atomic mass is 9.98. The highest BCUT2D eigenvalue weighted by Gasteiger charge is 2.48. The number of ether oxygens (including phenoxy) is 7. The molecule has 1 aliphatic rings. The predicted octanol–water partition coefficient (Wildman–Crippen LogP) is 1.63. The Labute approximate surface area is 149 Å². The van der Waals surface area contributed by atoms with Crippen LogP contribution in [0.25, 0.3) is 0 Å². The fourth-order valence-corrected chi connectivity index (χ4v) is 3.09. The number of rotatable bonds is 9. The molecule has 142 valence electrons. The number of benzene rings is 1. The highest BCUT2D eigenvalue weighted by molar-refractivity contribution is 5.33. The molecule has 1 saturated heterocycles. The second-order valence-electron chi connectivity index (χ2n) is 5.76. The predicted molar refractivity (Wildman–Crippen MR) is 90.7 cm³/mol. The van der Waals surface area contributed by atoms with Gasteiger partial charge in [0.25, 0.3) is 0 Å². The minimum Gasteiger partial charge on any atom is -0.462 e. The molecule has 7 nitrogen and oxygen atoms in total. The van der Waals surface area contributed by atoms with Crippen LogP contribution in [0.4, 0.5) is 0 Å². The van der Waals surface area contributed by atoms with Gasteiger partial charge in [-0.3, -0.25) is 0 Å². The first-order valence-corrected chi connectivity index (χ1v) is 8.16. The van der Waals surface area contributed by atoms with Crippen LogP contribution in [0.3, 0.4) is 0 Å². The van der Waals surface area contributed by atoms with Crippen molar-refractivity contribution in [3.05, 3.63) is 29.8 Å². The van der Waals surface area contributed by atoms with Gasteiger partial charge in [-0.25, -0.2) is 0 Å². The summed E-state index contributed by atoms with van der Waals surface area (Å²) in [6.45, 7) is 0.796. The third kappa shape index (κ3) is 4.69. The maximum Gasteiger partial charge on any atom is 0.229 e. The lowest BCUT2D eigenvalue weighted by molar-refractivity contribution is -0.292. The zero-order valence-corrected chi connectivity index (χ0v) is 15.5. The van der Waals surface area contributed by atoms with Gasteiger partial charge < -0.3 is 33.2 Å². The van der Waals surface area contributed by atoms with Crippen LogP contribution >= 0.6 is 0 Å². The molecule has 0 N–H and O–H groups in total. The van der Waals surface area contributed by atoms with E-state index in [9.17, 15) is 0 Å². The Hall–Kier alpha value is -1.22. The monoisotopic (exact) mass is 356 g/mol. The maximum absolute atomic E-state index is 6.13. The van der Waals surface area contributed by atoms with Gasteiger partial charge in [0, 0.05) is 41.1 Å². The van der Waals surface area contributed by atoms with Gasteiger partial charge in [-0.05, 0) is 6.07 Å². The molecule has 5 unspecified atom stereocenters. The first kappa shape index (κ1) is 20.1. The zero-order valence-electron chi connectivity index (χ0n) is 15.5. The molecule has 0 amide bonds. The van der Waals surface area contributed by atoms with E-state index in [0.717, 1.165) is 5.56 Å². The normalized spacial score (nSPS) is 29.6. The van der Waals surface area contributed by atoms with Crippen molar-refractivity contribution < 1.29 is 33.2 Å². The fourth-order valence-electron chi connectivity index (χ4n) is 3.09. The van der Waals surface area contributed by atoms with Crippen LogP contribution < -0.4 is 4.74 Å². The Morgan fingerprint density at radius 1 is 0.840 bits per heavy atom. The summed E-state index contributed by atoms with van der Waals surface area (Å²) in [4.78, 5) is 0. The Morgan fingerprint density at radius 2 is 1.52 bits per heavy atom. The van der Waals surface area contributed by atoms with Crippen molar-refractivity contribution >= 4 is 0 Å². The van der Waals surface area contributed by atoms with Crippen LogP contribution in [-0.4, -0.2) is 72.9 Å². The molecule has 0 bridgehead atoms. The number of hydrogen-bond donors (Lipinski definition) is 0. The number of methoxy groups -OCH3 is 5. The van der Waals surface area contributed by atoms with E-state index in [2.05, 4.69) is 0 Å². The lowest BCUT2D eigenvalue weighted by Gasteiger charge is -2.44. The van der Waals surface area contributed by atoms with Gasteiger partial charge in [-0.2, -0.15) is 0 Å². The molecule has 0 aromatic heterocycles. The summed E-state index contributed by atoms with van der Waals surface area (Å²) < 4.78 is 39.5. The molecule has 2 rings (SSSR count).